The van der Waals surface area contributed by atoms with Crippen LogP contribution in [0.15, 0.2) is 30.9 Å². The Morgan fingerprint density at radius 2 is 1.78 bits per heavy atom. The van der Waals surface area contributed by atoms with Gasteiger partial charge in [-0.3, -0.25) is 4.79 Å². The van der Waals surface area contributed by atoms with Crippen LogP contribution < -0.4 is 0 Å². The smallest absolute Gasteiger partial charge is 0.311 e. The summed E-state index contributed by atoms with van der Waals surface area (Å²) in [6.45, 7) is 6.74. The second-order valence-electron chi connectivity index (χ2n) is 6.22. The fourth-order valence-corrected chi connectivity index (χ4v) is 3.37. The summed E-state index contributed by atoms with van der Waals surface area (Å²) in [6, 6.07) is 0.106. The molecule has 0 radical (unpaired) electrons. The first-order valence-electron chi connectivity index (χ1n) is 6.95. The molecule has 0 amide bonds. The van der Waals surface area contributed by atoms with Gasteiger partial charge < -0.3 is 5.11 Å². The molecule has 23 heavy (non-hydrogen) atoms. The molecule has 2 rings (SSSR count). The monoisotopic (exact) mass is 328 g/mol. The van der Waals surface area contributed by atoms with Crippen LogP contribution in [0.3, 0.4) is 0 Å². The number of rotatable bonds is 5. The Morgan fingerprint density at radius 1 is 1.26 bits per heavy atom. The molecule has 1 aliphatic rings. The van der Waals surface area contributed by atoms with Crippen molar-refractivity contribution < 1.29 is 27.5 Å². The Bertz CT molecular complexity index is 683. The van der Waals surface area contributed by atoms with E-state index in [1.54, 1.807) is 19.9 Å². The highest BCUT2D eigenvalue weighted by Crippen LogP contribution is 2.71. The molecule has 0 heterocycles. The van der Waals surface area contributed by atoms with Gasteiger partial charge in [-0.1, -0.05) is 38.7 Å². The van der Waals surface area contributed by atoms with E-state index in [2.05, 4.69) is 6.58 Å². The predicted molar refractivity (Wildman–Crippen MR) is 76.7 cm³/mol. The maximum atomic E-state index is 13.9. The van der Waals surface area contributed by atoms with Crippen LogP contribution in [0.1, 0.15) is 19.4 Å². The van der Waals surface area contributed by atoms with Crippen molar-refractivity contribution >= 4 is 5.97 Å². The van der Waals surface area contributed by atoms with Crippen LogP contribution in [0.4, 0.5) is 17.6 Å². The largest absolute Gasteiger partial charge is 0.481 e. The number of benzene rings is 1. The van der Waals surface area contributed by atoms with Gasteiger partial charge in [0.15, 0.2) is 23.3 Å². The molecule has 6 heteroatoms. The van der Waals surface area contributed by atoms with Crippen LogP contribution in [-0.4, -0.2) is 11.1 Å². The van der Waals surface area contributed by atoms with E-state index in [-0.39, 0.29) is 6.07 Å². The van der Waals surface area contributed by atoms with Crippen LogP contribution in [-0.2, 0) is 11.2 Å². The summed E-state index contributed by atoms with van der Waals surface area (Å²) >= 11 is 0. The summed E-state index contributed by atoms with van der Waals surface area (Å²) in [5, 5.41) is 9.60. The van der Waals surface area contributed by atoms with E-state index in [4.69, 9.17) is 0 Å². The molecule has 0 bridgehead atoms. The lowest BCUT2D eigenvalue weighted by molar-refractivity contribution is -0.145. The standard InChI is InChI=1S/C17H16F4O2/c1-4-5-6-12-16(2,3)17(12,15(22)23)8-9-13(20)10(18)7-11(19)14(9)21/h4-7,12H,1,8H2,2-3H3,(H,22,23)/t12-,17+/m1/s1. The highest BCUT2D eigenvalue weighted by Gasteiger charge is 2.74. The Kier molecular flexibility index (Phi) is 4.13. The Hall–Kier alpha value is -2.11. The summed E-state index contributed by atoms with van der Waals surface area (Å²) in [4.78, 5) is 11.8. The van der Waals surface area contributed by atoms with E-state index in [1.165, 1.54) is 12.2 Å². The molecular formula is C17H16F4O2. The fourth-order valence-electron chi connectivity index (χ4n) is 3.37. The minimum atomic E-state index is -1.56. The number of allylic oxidation sites excluding steroid dienone is 3. The molecule has 0 aliphatic heterocycles. The van der Waals surface area contributed by atoms with Gasteiger partial charge in [0.25, 0.3) is 0 Å². The molecule has 1 aromatic carbocycles. The first-order valence-corrected chi connectivity index (χ1v) is 6.95. The van der Waals surface area contributed by atoms with Gasteiger partial charge in [0, 0.05) is 17.5 Å². The number of hydrogen-bond donors (Lipinski definition) is 1. The zero-order chi connectivity index (χ0) is 17.6. The third-order valence-electron chi connectivity index (χ3n) is 4.85. The number of aliphatic carboxylic acids is 1. The summed E-state index contributed by atoms with van der Waals surface area (Å²) < 4.78 is 54.5. The highest BCUT2D eigenvalue weighted by molar-refractivity contribution is 5.82. The van der Waals surface area contributed by atoms with Crippen molar-refractivity contribution in [2.24, 2.45) is 16.7 Å². The first-order chi connectivity index (χ1) is 10.6. The molecule has 0 unspecified atom stereocenters. The van der Waals surface area contributed by atoms with Crippen molar-refractivity contribution in [2.75, 3.05) is 0 Å². The Balaban J connectivity index is 2.54. The number of halogens is 4. The molecule has 1 N–H and O–H groups in total. The van der Waals surface area contributed by atoms with E-state index in [0.29, 0.717) is 0 Å². The van der Waals surface area contributed by atoms with Gasteiger partial charge in [0.05, 0.1) is 5.41 Å². The predicted octanol–water partition coefficient (Wildman–Crippen LogP) is 4.25. The van der Waals surface area contributed by atoms with Crippen molar-refractivity contribution in [3.05, 3.63) is 59.7 Å². The molecule has 0 spiro atoms. The quantitative estimate of drug-likeness (QED) is 0.498. The lowest BCUT2D eigenvalue weighted by Gasteiger charge is -2.17. The molecule has 0 aromatic heterocycles. The fraction of sp³-hybridized carbons (Fsp3) is 0.353. The van der Waals surface area contributed by atoms with E-state index in [0.717, 1.165) is 0 Å². The summed E-state index contributed by atoms with van der Waals surface area (Å²) in [7, 11) is 0. The van der Waals surface area contributed by atoms with Crippen LogP contribution in [0.5, 0.6) is 0 Å². The van der Waals surface area contributed by atoms with E-state index in [1.807, 2.05) is 0 Å². The summed E-state index contributed by atoms with van der Waals surface area (Å²) in [6.07, 6.45) is 3.92. The molecule has 2 nitrogen and oxygen atoms in total. The van der Waals surface area contributed by atoms with Crippen molar-refractivity contribution in [3.8, 4) is 0 Å². The van der Waals surface area contributed by atoms with Crippen LogP contribution in [0.25, 0.3) is 0 Å². The lowest BCUT2D eigenvalue weighted by atomic mass is 9.88. The normalized spacial score (nSPS) is 25.6. The minimum Gasteiger partial charge on any atom is -0.481 e. The van der Waals surface area contributed by atoms with Gasteiger partial charge >= 0.3 is 5.97 Å². The second kappa shape index (κ2) is 5.51. The third-order valence-corrected chi connectivity index (χ3v) is 4.85. The van der Waals surface area contributed by atoms with Gasteiger partial charge in [-0.05, 0) is 11.8 Å². The van der Waals surface area contributed by atoms with E-state index in [9.17, 15) is 27.5 Å². The maximum absolute atomic E-state index is 13.9. The van der Waals surface area contributed by atoms with E-state index < -0.39 is 58.0 Å². The Labute approximate surface area is 131 Å². The molecule has 2 atom stereocenters. The molecule has 1 aromatic rings. The van der Waals surface area contributed by atoms with E-state index >= 15 is 0 Å². The number of carboxylic acids is 1. The minimum absolute atomic E-state index is 0.106. The van der Waals surface area contributed by atoms with Gasteiger partial charge in [0.1, 0.15) is 0 Å². The lowest BCUT2D eigenvalue weighted by Crippen LogP contribution is -2.26. The number of carbonyl (C=O) groups is 1. The van der Waals surface area contributed by atoms with Crippen molar-refractivity contribution in [1.29, 1.82) is 0 Å². The average Bonchev–Trinajstić information content (AvgIpc) is 2.95. The number of carboxylic acid groups (broad SMARTS) is 1. The second-order valence-corrected chi connectivity index (χ2v) is 6.22. The summed E-state index contributed by atoms with van der Waals surface area (Å²) in [5.41, 5.74) is -3.26. The Morgan fingerprint density at radius 3 is 2.22 bits per heavy atom. The summed E-state index contributed by atoms with van der Waals surface area (Å²) in [5.74, 6) is -8.02. The van der Waals surface area contributed by atoms with Crippen molar-refractivity contribution in [3.63, 3.8) is 0 Å². The molecule has 1 aliphatic carbocycles. The van der Waals surface area contributed by atoms with Crippen molar-refractivity contribution in [1.82, 2.24) is 0 Å². The van der Waals surface area contributed by atoms with Crippen molar-refractivity contribution in [2.45, 2.75) is 20.3 Å². The molecule has 1 fully saturated rings. The third kappa shape index (κ3) is 2.36. The van der Waals surface area contributed by atoms with Crippen LogP contribution in [0, 0.1) is 40.0 Å². The molecule has 0 saturated heterocycles. The topological polar surface area (TPSA) is 37.3 Å². The van der Waals surface area contributed by atoms with Gasteiger partial charge in [0.2, 0.25) is 0 Å². The van der Waals surface area contributed by atoms with Gasteiger partial charge in [-0.15, -0.1) is 0 Å². The maximum Gasteiger partial charge on any atom is 0.311 e. The van der Waals surface area contributed by atoms with Crippen LogP contribution in [0.2, 0.25) is 0 Å². The highest BCUT2D eigenvalue weighted by atomic mass is 19.2. The van der Waals surface area contributed by atoms with Crippen LogP contribution >= 0.6 is 0 Å². The zero-order valence-corrected chi connectivity index (χ0v) is 12.7. The molecular weight excluding hydrogens is 312 g/mol. The molecule has 1 saturated carbocycles. The SMILES string of the molecule is C=CC=C[C@@H]1C(C)(C)[C@]1(Cc1c(F)c(F)cc(F)c1F)C(=O)O. The number of hydrogen-bond acceptors (Lipinski definition) is 1. The van der Waals surface area contributed by atoms with Gasteiger partial charge in [-0.2, -0.15) is 0 Å². The molecule has 124 valence electrons. The average molecular weight is 328 g/mol. The van der Waals surface area contributed by atoms with Gasteiger partial charge in [-0.25, -0.2) is 17.6 Å². The zero-order valence-electron chi connectivity index (χ0n) is 12.7. The first kappa shape index (κ1) is 17.2.